The van der Waals surface area contributed by atoms with Crippen LogP contribution >= 0.6 is 11.8 Å². The van der Waals surface area contributed by atoms with Gasteiger partial charge in [-0.05, 0) is 72.0 Å². The highest BCUT2D eigenvalue weighted by atomic mass is 32.2. The predicted molar refractivity (Wildman–Crippen MR) is 183 cm³/mol. The summed E-state index contributed by atoms with van der Waals surface area (Å²) in [6, 6.07) is 26.0. The van der Waals surface area contributed by atoms with E-state index in [4.69, 9.17) is 14.5 Å². The average Bonchev–Trinajstić information content (AvgIpc) is 3.57. The van der Waals surface area contributed by atoms with Gasteiger partial charge in [-0.15, -0.1) is 0 Å². The molecule has 246 valence electrons. The lowest BCUT2D eigenvalue weighted by molar-refractivity contribution is -0.118. The van der Waals surface area contributed by atoms with E-state index in [1.54, 1.807) is 18.2 Å². The van der Waals surface area contributed by atoms with E-state index < -0.39 is 22.9 Å². The zero-order valence-corrected chi connectivity index (χ0v) is 26.6. The van der Waals surface area contributed by atoms with Gasteiger partial charge in [0.05, 0.1) is 27.7 Å². The van der Waals surface area contributed by atoms with Crippen LogP contribution in [0.4, 0.5) is 29.7 Å². The van der Waals surface area contributed by atoms with Gasteiger partial charge in [0, 0.05) is 24.6 Å². The van der Waals surface area contributed by atoms with Crippen molar-refractivity contribution >= 4 is 62.1 Å². The quantitative estimate of drug-likeness (QED) is 0.142. The molecule has 0 saturated carbocycles. The summed E-state index contributed by atoms with van der Waals surface area (Å²) in [4.78, 5) is 40.7. The summed E-state index contributed by atoms with van der Waals surface area (Å²) in [6.45, 7) is 0.220. The SMILES string of the molecule is Cn1c(COc2ccc(CC3SC(=O)NC3=O)cc2)nc2ccc(Oc3ccc4cccc(NC(=O)Nc5ccc(F)cc5F)c4c3)cc21. The number of hydrogen-bond donors (Lipinski definition) is 3. The van der Waals surface area contributed by atoms with Crippen LogP contribution in [0, 0.1) is 11.6 Å². The summed E-state index contributed by atoms with van der Waals surface area (Å²) in [6.07, 6.45) is 0.452. The summed E-state index contributed by atoms with van der Waals surface area (Å²) >= 11 is 1.00. The Balaban J connectivity index is 1.02. The van der Waals surface area contributed by atoms with Gasteiger partial charge >= 0.3 is 6.03 Å². The van der Waals surface area contributed by atoms with Gasteiger partial charge in [0.25, 0.3) is 5.24 Å². The van der Waals surface area contributed by atoms with Gasteiger partial charge in [-0.3, -0.25) is 14.9 Å². The van der Waals surface area contributed by atoms with Gasteiger partial charge in [0.1, 0.15) is 41.3 Å². The number of thioether (sulfide) groups is 1. The number of nitrogens with zero attached hydrogens (tertiary/aromatic N) is 2. The van der Waals surface area contributed by atoms with Gasteiger partial charge in [-0.1, -0.05) is 42.1 Å². The number of imide groups is 1. The maximum atomic E-state index is 14.0. The number of rotatable bonds is 9. The lowest BCUT2D eigenvalue weighted by Crippen LogP contribution is -2.25. The number of ether oxygens (including phenoxy) is 2. The first-order valence-corrected chi connectivity index (χ1v) is 16.0. The van der Waals surface area contributed by atoms with Gasteiger partial charge in [-0.25, -0.2) is 18.6 Å². The van der Waals surface area contributed by atoms with E-state index in [0.29, 0.717) is 46.6 Å². The van der Waals surface area contributed by atoms with Crippen LogP contribution in [-0.4, -0.2) is 32.0 Å². The second-order valence-electron chi connectivity index (χ2n) is 11.3. The van der Waals surface area contributed by atoms with Crippen LogP contribution in [0.1, 0.15) is 11.4 Å². The van der Waals surface area contributed by atoms with Crippen molar-refractivity contribution in [2.24, 2.45) is 7.05 Å². The van der Waals surface area contributed by atoms with Crippen LogP contribution in [0.5, 0.6) is 17.2 Å². The lowest BCUT2D eigenvalue weighted by Gasteiger charge is -2.12. The van der Waals surface area contributed by atoms with Crippen LogP contribution in [0.15, 0.2) is 97.1 Å². The van der Waals surface area contributed by atoms with E-state index in [1.807, 2.05) is 72.3 Å². The summed E-state index contributed by atoms with van der Waals surface area (Å²) in [5, 5.41) is 8.23. The second-order valence-corrected chi connectivity index (χ2v) is 12.4. The minimum Gasteiger partial charge on any atom is -0.486 e. The molecule has 1 aliphatic heterocycles. The monoisotopic (exact) mass is 679 g/mol. The van der Waals surface area contributed by atoms with Gasteiger partial charge in [0.15, 0.2) is 0 Å². The zero-order chi connectivity index (χ0) is 34.1. The Morgan fingerprint density at radius 3 is 2.43 bits per heavy atom. The maximum absolute atomic E-state index is 14.0. The number of amides is 4. The van der Waals surface area contributed by atoms with Crippen molar-refractivity contribution in [2.45, 2.75) is 18.3 Å². The number of nitrogens with one attached hydrogen (secondary N) is 3. The van der Waals surface area contributed by atoms with Crippen LogP contribution in [0.25, 0.3) is 21.8 Å². The summed E-state index contributed by atoms with van der Waals surface area (Å²) in [7, 11) is 1.89. The Bertz CT molecular complexity index is 2260. The largest absolute Gasteiger partial charge is 0.486 e. The molecule has 1 aliphatic rings. The Hall–Kier alpha value is -5.95. The molecule has 10 nitrogen and oxygen atoms in total. The molecular weight excluding hydrogens is 652 g/mol. The minimum absolute atomic E-state index is 0.149. The molecule has 1 saturated heterocycles. The normalized spacial score (nSPS) is 14.2. The number of hydrogen-bond acceptors (Lipinski definition) is 7. The fourth-order valence-corrected chi connectivity index (χ4v) is 6.31. The number of halogens is 2. The molecule has 1 atom stereocenters. The molecule has 4 amide bonds. The fraction of sp³-hybridized carbons (Fsp3) is 0.111. The number of imidazole rings is 1. The Labute approximate surface area is 282 Å². The lowest BCUT2D eigenvalue weighted by atomic mass is 10.1. The summed E-state index contributed by atoms with van der Waals surface area (Å²) in [5.41, 5.74) is 2.85. The molecule has 2 heterocycles. The summed E-state index contributed by atoms with van der Waals surface area (Å²) in [5.74, 6) is 0.555. The van der Waals surface area contributed by atoms with E-state index >= 15 is 0 Å². The molecule has 13 heteroatoms. The maximum Gasteiger partial charge on any atom is 0.323 e. The van der Waals surface area contributed by atoms with Gasteiger partial charge in [0.2, 0.25) is 5.91 Å². The van der Waals surface area contributed by atoms with E-state index in [1.165, 1.54) is 0 Å². The van der Waals surface area contributed by atoms with E-state index in [2.05, 4.69) is 16.0 Å². The molecule has 1 unspecified atom stereocenters. The molecule has 5 aromatic carbocycles. The molecule has 0 radical (unpaired) electrons. The first-order chi connectivity index (χ1) is 23.7. The highest BCUT2D eigenvalue weighted by molar-refractivity contribution is 8.15. The molecule has 49 heavy (non-hydrogen) atoms. The molecule has 0 spiro atoms. The van der Waals surface area contributed by atoms with Crippen LogP contribution in [0.3, 0.4) is 0 Å². The number of aryl methyl sites for hydroxylation is 1. The predicted octanol–water partition coefficient (Wildman–Crippen LogP) is 7.91. The van der Waals surface area contributed by atoms with Crippen molar-refractivity contribution in [3.8, 4) is 17.2 Å². The zero-order valence-electron chi connectivity index (χ0n) is 25.8. The summed E-state index contributed by atoms with van der Waals surface area (Å²) < 4.78 is 41.4. The molecule has 7 rings (SSSR count). The molecule has 6 aromatic rings. The molecule has 0 bridgehead atoms. The number of fused-ring (bicyclic) bond motifs is 2. The van der Waals surface area contributed by atoms with Crippen molar-refractivity contribution in [3.05, 3.63) is 120 Å². The number of urea groups is 1. The highest BCUT2D eigenvalue weighted by Gasteiger charge is 2.31. The van der Waals surface area contributed by atoms with Gasteiger partial charge in [-0.2, -0.15) is 0 Å². The second kappa shape index (κ2) is 13.3. The Morgan fingerprint density at radius 2 is 1.65 bits per heavy atom. The van der Waals surface area contributed by atoms with E-state index in [9.17, 15) is 23.2 Å². The highest BCUT2D eigenvalue weighted by Crippen LogP contribution is 2.32. The number of aromatic nitrogens is 2. The first kappa shape index (κ1) is 31.6. The first-order valence-electron chi connectivity index (χ1n) is 15.1. The van der Waals surface area contributed by atoms with Crippen molar-refractivity contribution in [1.82, 2.24) is 14.9 Å². The van der Waals surface area contributed by atoms with Crippen molar-refractivity contribution in [2.75, 3.05) is 10.6 Å². The van der Waals surface area contributed by atoms with Crippen molar-refractivity contribution in [3.63, 3.8) is 0 Å². The molecule has 3 N–H and O–H groups in total. The Kier molecular flexibility index (Phi) is 8.57. The molecule has 0 aliphatic carbocycles. The number of carbonyl (C=O) groups excluding carboxylic acids is 3. The van der Waals surface area contributed by atoms with Crippen LogP contribution in [0.2, 0.25) is 0 Å². The van der Waals surface area contributed by atoms with E-state index in [0.717, 1.165) is 45.9 Å². The number of carbonyl (C=O) groups is 3. The van der Waals surface area contributed by atoms with Gasteiger partial charge < -0.3 is 24.7 Å². The van der Waals surface area contributed by atoms with Crippen molar-refractivity contribution < 1.29 is 32.6 Å². The minimum atomic E-state index is -0.882. The molecule has 1 fully saturated rings. The average molecular weight is 680 g/mol. The third kappa shape index (κ3) is 7.02. The standard InChI is InChI=1S/C36H27F2N5O5S/c1-43-31-18-25(12-14-30(31)39-33(43)19-47-23-9-5-20(6-10-23)15-32-34(44)42-36(46)49-32)48-24-11-7-21-3-2-4-28(26(21)17-24)40-35(45)41-29-13-8-22(37)16-27(29)38/h2-14,16-18,32H,15,19H2,1H3,(H2,40,41,45)(H,42,44,46). The fourth-order valence-electron chi connectivity index (χ4n) is 5.45. The molecule has 1 aromatic heterocycles. The smallest absolute Gasteiger partial charge is 0.323 e. The van der Waals surface area contributed by atoms with Crippen LogP contribution < -0.4 is 25.4 Å². The molecular formula is C36H27F2N5O5S. The Morgan fingerprint density at radius 1 is 0.898 bits per heavy atom. The topological polar surface area (TPSA) is 124 Å². The van der Waals surface area contributed by atoms with Crippen LogP contribution in [-0.2, 0) is 24.9 Å². The van der Waals surface area contributed by atoms with Crippen molar-refractivity contribution in [1.29, 1.82) is 0 Å². The third-order valence-corrected chi connectivity index (χ3v) is 8.92. The third-order valence-electron chi connectivity index (χ3n) is 7.94. The van der Waals surface area contributed by atoms with E-state index in [-0.39, 0.29) is 23.4 Å². The number of benzene rings is 5. The number of anilines is 2.